The highest BCUT2D eigenvalue weighted by Gasteiger charge is 2.25. The molecule has 0 aliphatic rings. The van der Waals surface area contributed by atoms with Gasteiger partial charge >= 0.3 is 17.9 Å². The van der Waals surface area contributed by atoms with Gasteiger partial charge in [0.15, 0.2) is 6.10 Å². The van der Waals surface area contributed by atoms with E-state index >= 15 is 0 Å². The molecule has 0 fully saturated rings. The zero-order valence-electron chi connectivity index (χ0n) is 36.5. The van der Waals surface area contributed by atoms with Crippen LogP contribution in [0.2, 0.25) is 0 Å². The molecule has 0 aliphatic heterocycles. The minimum Gasteiger partial charge on any atom is -0.477 e. The summed E-state index contributed by atoms with van der Waals surface area (Å²) in [5.74, 6) is -2.09. The number of allylic oxidation sites excluding steroid dienone is 14. The molecule has 0 saturated carbocycles. The molecule has 2 atom stereocenters. The van der Waals surface area contributed by atoms with Crippen molar-refractivity contribution in [1.82, 2.24) is 0 Å². The van der Waals surface area contributed by atoms with Gasteiger partial charge in [0, 0.05) is 12.8 Å². The predicted octanol–water partition coefficient (Wildman–Crippen LogP) is 11.3. The van der Waals surface area contributed by atoms with Crippen LogP contribution in [0.1, 0.15) is 142 Å². The number of ether oxygens (including phenoxy) is 4. The fourth-order valence-electron chi connectivity index (χ4n) is 5.31. The number of carboxylic acid groups (broad SMARTS) is 1. The summed E-state index contributed by atoms with van der Waals surface area (Å²) < 4.78 is 22.6. The maximum absolute atomic E-state index is 12.7. The fraction of sp³-hybridized carbons (Fsp3) is 0.646. The van der Waals surface area contributed by atoms with Crippen molar-refractivity contribution in [2.24, 2.45) is 0 Å². The standard InChI is InChI=1S/C48H79NO8/c1-6-8-10-12-14-16-18-20-22-23-25-26-28-30-32-34-36-38-45(50)55-42-44(43-56-48(47(52)53)54-41-40-49(3,4)5)57-46(51)39-37-35-33-31-29-27-24-21-19-17-15-13-11-9-7-2/h8-11,14-17,20-22,24,29,31,44,48H,6-7,12-13,18-19,23,25-28,30,32-43H2,1-5H3/p+1/b10-8-,11-9-,16-14-,17-15-,22-20-,24-21-,31-29-. The summed E-state index contributed by atoms with van der Waals surface area (Å²) in [5.41, 5.74) is 0. The highest BCUT2D eigenvalue weighted by atomic mass is 16.7. The number of carbonyl (C=O) groups excluding carboxylic acids is 2. The minimum absolute atomic E-state index is 0.173. The number of unbranched alkanes of at least 4 members (excludes halogenated alkanes) is 9. The van der Waals surface area contributed by atoms with Crippen LogP contribution in [-0.4, -0.2) is 87.4 Å². The summed E-state index contributed by atoms with van der Waals surface area (Å²) >= 11 is 0. The number of aliphatic carboxylic acids is 1. The molecule has 0 aromatic heterocycles. The Labute approximate surface area is 347 Å². The van der Waals surface area contributed by atoms with Crippen LogP contribution in [0.25, 0.3) is 0 Å². The first kappa shape index (κ1) is 53.5. The van der Waals surface area contributed by atoms with Gasteiger partial charge in [0.05, 0.1) is 34.4 Å². The van der Waals surface area contributed by atoms with Crippen molar-refractivity contribution in [3.05, 3.63) is 85.1 Å². The van der Waals surface area contributed by atoms with E-state index in [4.69, 9.17) is 18.9 Å². The number of carbonyl (C=O) groups is 3. The molecule has 0 aliphatic carbocycles. The number of esters is 2. The fourth-order valence-corrected chi connectivity index (χ4v) is 5.31. The van der Waals surface area contributed by atoms with Crippen molar-refractivity contribution in [3.8, 4) is 0 Å². The van der Waals surface area contributed by atoms with Crippen molar-refractivity contribution in [3.63, 3.8) is 0 Å². The van der Waals surface area contributed by atoms with Crippen molar-refractivity contribution in [2.45, 2.75) is 155 Å². The lowest BCUT2D eigenvalue weighted by Gasteiger charge is -2.25. The van der Waals surface area contributed by atoms with Crippen LogP contribution in [-0.2, 0) is 33.3 Å². The van der Waals surface area contributed by atoms with E-state index in [1.807, 2.05) is 21.1 Å². The van der Waals surface area contributed by atoms with Crippen LogP contribution in [0.15, 0.2) is 85.1 Å². The van der Waals surface area contributed by atoms with Crippen LogP contribution >= 0.6 is 0 Å². The molecule has 0 radical (unpaired) electrons. The first-order valence-electron chi connectivity index (χ1n) is 21.8. The van der Waals surface area contributed by atoms with Gasteiger partial charge in [0.25, 0.3) is 6.29 Å². The first-order chi connectivity index (χ1) is 27.6. The van der Waals surface area contributed by atoms with Gasteiger partial charge in [-0.15, -0.1) is 0 Å². The van der Waals surface area contributed by atoms with Gasteiger partial charge in [-0.2, -0.15) is 0 Å². The Morgan fingerprint density at radius 3 is 1.44 bits per heavy atom. The van der Waals surface area contributed by atoms with E-state index in [1.165, 1.54) is 19.3 Å². The molecule has 0 bridgehead atoms. The summed E-state index contributed by atoms with van der Waals surface area (Å²) in [7, 11) is 5.92. The number of likely N-dealkylation sites (N-methyl/N-ethyl adjacent to an activating group) is 1. The molecule has 324 valence electrons. The van der Waals surface area contributed by atoms with Gasteiger partial charge in [-0.3, -0.25) is 9.59 Å². The monoisotopic (exact) mass is 799 g/mol. The molecule has 9 nitrogen and oxygen atoms in total. The van der Waals surface area contributed by atoms with Gasteiger partial charge in [-0.05, 0) is 83.5 Å². The van der Waals surface area contributed by atoms with Crippen molar-refractivity contribution in [1.29, 1.82) is 0 Å². The number of hydrogen-bond acceptors (Lipinski definition) is 7. The van der Waals surface area contributed by atoms with E-state index in [-0.39, 0.29) is 38.6 Å². The molecule has 0 spiro atoms. The molecule has 0 amide bonds. The van der Waals surface area contributed by atoms with Crippen molar-refractivity contribution < 1.29 is 42.9 Å². The van der Waals surface area contributed by atoms with Crippen LogP contribution < -0.4 is 0 Å². The summed E-state index contributed by atoms with van der Waals surface area (Å²) in [4.78, 5) is 37.1. The maximum atomic E-state index is 12.7. The number of hydrogen-bond donors (Lipinski definition) is 1. The second-order valence-corrected chi connectivity index (χ2v) is 15.2. The second-order valence-electron chi connectivity index (χ2n) is 15.2. The average molecular weight is 799 g/mol. The molecule has 2 unspecified atom stereocenters. The number of carboxylic acids is 1. The minimum atomic E-state index is -1.53. The zero-order valence-corrected chi connectivity index (χ0v) is 36.5. The van der Waals surface area contributed by atoms with Crippen LogP contribution in [0, 0.1) is 0 Å². The zero-order chi connectivity index (χ0) is 42.1. The van der Waals surface area contributed by atoms with Gasteiger partial charge in [0.1, 0.15) is 13.2 Å². The number of quaternary nitrogens is 1. The summed E-state index contributed by atoms with van der Waals surface area (Å²) in [6.45, 7) is 4.55. The highest BCUT2D eigenvalue weighted by molar-refractivity contribution is 5.71. The molecule has 0 rings (SSSR count). The first-order valence-corrected chi connectivity index (χ1v) is 21.8. The predicted molar refractivity (Wildman–Crippen MR) is 235 cm³/mol. The van der Waals surface area contributed by atoms with E-state index in [0.29, 0.717) is 17.4 Å². The molecule has 1 N–H and O–H groups in total. The Balaban J connectivity index is 4.55. The van der Waals surface area contributed by atoms with Gasteiger partial charge < -0.3 is 28.5 Å². The number of nitrogens with zero attached hydrogens (tertiary/aromatic N) is 1. The average Bonchev–Trinajstić information content (AvgIpc) is 3.17. The normalized spacial score (nSPS) is 13.8. The van der Waals surface area contributed by atoms with E-state index in [1.54, 1.807) is 0 Å². The molecule has 0 heterocycles. The lowest BCUT2D eigenvalue weighted by atomic mass is 10.1. The SMILES string of the molecule is CC/C=C\C/C=C\C/C=C\C/C=C\CCCCC(=O)OC(COC(=O)CCCCCCCCC/C=C\C/C=C\C/C=C\CC)COC(OCC[N+](C)(C)C)C(=O)O. The maximum Gasteiger partial charge on any atom is 0.361 e. The smallest absolute Gasteiger partial charge is 0.361 e. The molecule has 0 saturated heterocycles. The molecule has 57 heavy (non-hydrogen) atoms. The quantitative estimate of drug-likeness (QED) is 0.0216. The molecular weight excluding hydrogens is 719 g/mol. The Kier molecular flexibility index (Phi) is 36.9. The third-order valence-corrected chi connectivity index (χ3v) is 8.65. The van der Waals surface area contributed by atoms with Crippen LogP contribution in [0.5, 0.6) is 0 Å². The van der Waals surface area contributed by atoms with E-state index in [2.05, 4.69) is 98.9 Å². The lowest BCUT2D eigenvalue weighted by Crippen LogP contribution is -2.40. The third kappa shape index (κ3) is 40.5. The van der Waals surface area contributed by atoms with Crippen molar-refractivity contribution >= 4 is 17.9 Å². The lowest BCUT2D eigenvalue weighted by molar-refractivity contribution is -0.870. The van der Waals surface area contributed by atoms with Gasteiger partial charge in [-0.1, -0.05) is 131 Å². The van der Waals surface area contributed by atoms with Gasteiger partial charge in [0.2, 0.25) is 0 Å². The Bertz CT molecular complexity index is 1210. The van der Waals surface area contributed by atoms with Crippen molar-refractivity contribution in [2.75, 3.05) is 47.5 Å². The van der Waals surface area contributed by atoms with Crippen LogP contribution in [0.3, 0.4) is 0 Å². The Hall–Kier alpha value is -3.53. The molecule has 0 aromatic rings. The molecular formula is C48H80NO8+. The third-order valence-electron chi connectivity index (χ3n) is 8.65. The summed E-state index contributed by atoms with van der Waals surface area (Å²) in [6, 6.07) is 0. The molecule has 0 aromatic carbocycles. The second kappa shape index (κ2) is 39.3. The van der Waals surface area contributed by atoms with Crippen LogP contribution in [0.4, 0.5) is 0 Å². The summed E-state index contributed by atoms with van der Waals surface area (Å²) in [5, 5.41) is 9.62. The summed E-state index contributed by atoms with van der Waals surface area (Å²) in [6.07, 6.45) is 46.5. The highest BCUT2D eigenvalue weighted by Crippen LogP contribution is 2.12. The Morgan fingerprint density at radius 2 is 0.947 bits per heavy atom. The topological polar surface area (TPSA) is 108 Å². The van der Waals surface area contributed by atoms with Gasteiger partial charge in [-0.25, -0.2) is 4.79 Å². The van der Waals surface area contributed by atoms with E-state index in [0.717, 1.165) is 89.9 Å². The van der Waals surface area contributed by atoms with E-state index in [9.17, 15) is 19.5 Å². The molecule has 9 heteroatoms. The Morgan fingerprint density at radius 1 is 0.526 bits per heavy atom. The number of rotatable bonds is 38. The largest absolute Gasteiger partial charge is 0.477 e. The van der Waals surface area contributed by atoms with E-state index < -0.39 is 24.3 Å².